The van der Waals surface area contributed by atoms with Crippen LogP contribution in [0.15, 0.2) is 0 Å². The highest BCUT2D eigenvalue weighted by Gasteiger charge is 2.31. The molecule has 1 rings (SSSR count). The first-order valence-electron chi connectivity index (χ1n) is 7.37. The summed E-state index contributed by atoms with van der Waals surface area (Å²) in [5, 5.41) is 3.90. The highest BCUT2D eigenvalue weighted by atomic mass is 15.0. The zero-order valence-corrected chi connectivity index (χ0v) is 13.1. The van der Waals surface area contributed by atoms with Crippen molar-refractivity contribution >= 4 is 0 Å². The molecule has 0 amide bonds. The summed E-state index contributed by atoms with van der Waals surface area (Å²) in [4.78, 5) is 0. The zero-order valence-electron chi connectivity index (χ0n) is 13.1. The number of hydrogen-bond donors (Lipinski definition) is 1. The van der Waals surface area contributed by atoms with E-state index in [-0.39, 0.29) is 5.54 Å². The lowest BCUT2D eigenvalue weighted by Gasteiger charge is -2.40. The van der Waals surface area contributed by atoms with Gasteiger partial charge < -0.3 is 5.32 Å². The molecule has 0 aromatic heterocycles. The molecule has 3 atom stereocenters. The molecule has 1 fully saturated rings. The van der Waals surface area contributed by atoms with Crippen molar-refractivity contribution in [2.75, 3.05) is 0 Å². The predicted octanol–water partition coefficient (Wildman–Crippen LogP) is 4.62. The molecule has 1 saturated carbocycles. The molecule has 0 spiro atoms. The molecule has 0 radical (unpaired) electrons. The van der Waals surface area contributed by atoms with E-state index >= 15 is 0 Å². The molecular weight excluding hydrogens is 206 g/mol. The van der Waals surface area contributed by atoms with E-state index in [1.54, 1.807) is 0 Å². The second-order valence-electron chi connectivity index (χ2n) is 8.23. The third-order valence-corrected chi connectivity index (χ3v) is 4.17. The smallest absolute Gasteiger partial charge is 0.0132 e. The Bertz CT molecular complexity index is 236. The largest absolute Gasteiger partial charge is 0.309 e. The van der Waals surface area contributed by atoms with Gasteiger partial charge in [0, 0.05) is 11.6 Å². The fraction of sp³-hybridized carbons (Fsp3) is 1.00. The summed E-state index contributed by atoms with van der Waals surface area (Å²) in [5.41, 5.74) is 0.674. The van der Waals surface area contributed by atoms with E-state index < -0.39 is 0 Å². The zero-order chi connectivity index (χ0) is 13.3. The maximum Gasteiger partial charge on any atom is 0.0132 e. The molecule has 0 aromatic carbocycles. The molecule has 3 unspecified atom stereocenters. The number of rotatable bonds is 3. The standard InChI is InChI=1S/C16H33N/c1-12-8-9-14(10-13(12)2)17-16(6,7)11-15(3,4)5/h12-14,17H,8-11H2,1-7H3. The van der Waals surface area contributed by atoms with Crippen LogP contribution in [0.2, 0.25) is 0 Å². The molecule has 1 aliphatic rings. The van der Waals surface area contributed by atoms with Crippen LogP contribution in [0.3, 0.4) is 0 Å². The Morgan fingerprint density at radius 2 is 1.53 bits per heavy atom. The Labute approximate surface area is 109 Å². The van der Waals surface area contributed by atoms with E-state index in [4.69, 9.17) is 0 Å². The summed E-state index contributed by atoms with van der Waals surface area (Å²) in [7, 11) is 0. The molecule has 0 bridgehead atoms. The van der Waals surface area contributed by atoms with Crippen LogP contribution < -0.4 is 5.32 Å². The molecule has 0 heterocycles. The molecular formula is C16H33N. The van der Waals surface area contributed by atoms with Gasteiger partial charge in [-0.25, -0.2) is 0 Å². The quantitative estimate of drug-likeness (QED) is 0.758. The van der Waals surface area contributed by atoms with E-state index in [2.05, 4.69) is 53.8 Å². The summed E-state index contributed by atoms with van der Waals surface area (Å²) in [6.45, 7) is 16.5. The Kier molecular flexibility index (Phi) is 4.68. The summed E-state index contributed by atoms with van der Waals surface area (Å²) in [6, 6.07) is 0.735. The Balaban J connectivity index is 2.48. The van der Waals surface area contributed by atoms with Crippen LogP contribution in [0.5, 0.6) is 0 Å². The molecule has 0 aliphatic heterocycles. The van der Waals surface area contributed by atoms with Crippen LogP contribution in [-0.4, -0.2) is 11.6 Å². The van der Waals surface area contributed by atoms with Crippen molar-refractivity contribution < 1.29 is 0 Å². The van der Waals surface area contributed by atoms with Gasteiger partial charge in [0.25, 0.3) is 0 Å². The van der Waals surface area contributed by atoms with Crippen molar-refractivity contribution in [1.29, 1.82) is 0 Å². The fourth-order valence-electron chi connectivity index (χ4n) is 3.61. The summed E-state index contributed by atoms with van der Waals surface area (Å²) in [5.74, 6) is 1.80. The first-order valence-corrected chi connectivity index (χ1v) is 7.37. The number of nitrogens with one attached hydrogen (secondary N) is 1. The van der Waals surface area contributed by atoms with E-state index in [9.17, 15) is 0 Å². The van der Waals surface area contributed by atoms with Crippen molar-refractivity contribution in [2.45, 2.75) is 85.7 Å². The highest BCUT2D eigenvalue weighted by Crippen LogP contribution is 2.32. The molecule has 1 aliphatic carbocycles. The number of hydrogen-bond acceptors (Lipinski definition) is 1. The monoisotopic (exact) mass is 239 g/mol. The van der Waals surface area contributed by atoms with Gasteiger partial charge in [0.1, 0.15) is 0 Å². The molecule has 1 nitrogen and oxygen atoms in total. The van der Waals surface area contributed by atoms with E-state index in [1.165, 1.54) is 25.7 Å². The molecule has 1 N–H and O–H groups in total. The Morgan fingerprint density at radius 3 is 2.00 bits per heavy atom. The van der Waals surface area contributed by atoms with E-state index in [0.717, 1.165) is 17.9 Å². The van der Waals surface area contributed by atoms with Gasteiger partial charge in [-0.2, -0.15) is 0 Å². The summed E-state index contributed by atoms with van der Waals surface area (Å²) >= 11 is 0. The van der Waals surface area contributed by atoms with Crippen molar-refractivity contribution in [3.8, 4) is 0 Å². The second kappa shape index (κ2) is 5.30. The minimum Gasteiger partial charge on any atom is -0.309 e. The lowest BCUT2D eigenvalue weighted by molar-refractivity contribution is 0.165. The molecule has 0 aromatic rings. The van der Waals surface area contributed by atoms with Crippen LogP contribution in [-0.2, 0) is 0 Å². The predicted molar refractivity (Wildman–Crippen MR) is 77.3 cm³/mol. The first kappa shape index (κ1) is 15.0. The minimum absolute atomic E-state index is 0.267. The van der Waals surface area contributed by atoms with Crippen molar-refractivity contribution in [2.24, 2.45) is 17.3 Å². The van der Waals surface area contributed by atoms with Gasteiger partial charge in [-0.1, -0.05) is 34.6 Å². The van der Waals surface area contributed by atoms with E-state index in [1.807, 2.05) is 0 Å². The molecule has 1 heteroatoms. The summed E-state index contributed by atoms with van der Waals surface area (Å²) < 4.78 is 0. The topological polar surface area (TPSA) is 12.0 Å². The maximum absolute atomic E-state index is 3.90. The van der Waals surface area contributed by atoms with Crippen molar-refractivity contribution in [3.05, 3.63) is 0 Å². The lowest BCUT2D eigenvalue weighted by atomic mass is 9.77. The average molecular weight is 239 g/mol. The van der Waals surface area contributed by atoms with Gasteiger partial charge in [-0.3, -0.25) is 0 Å². The second-order valence-corrected chi connectivity index (χ2v) is 8.23. The van der Waals surface area contributed by atoms with Crippen LogP contribution in [0.4, 0.5) is 0 Å². The van der Waals surface area contributed by atoms with Gasteiger partial charge in [0.05, 0.1) is 0 Å². The van der Waals surface area contributed by atoms with Gasteiger partial charge >= 0.3 is 0 Å². The van der Waals surface area contributed by atoms with Crippen LogP contribution in [0.1, 0.15) is 74.1 Å². The molecule has 0 saturated heterocycles. The SMILES string of the molecule is CC1CCC(NC(C)(C)CC(C)(C)C)CC1C. The van der Waals surface area contributed by atoms with Crippen LogP contribution in [0.25, 0.3) is 0 Å². The van der Waals surface area contributed by atoms with Gasteiger partial charge in [-0.15, -0.1) is 0 Å². The average Bonchev–Trinajstić information content (AvgIpc) is 2.06. The van der Waals surface area contributed by atoms with Crippen LogP contribution in [0, 0.1) is 17.3 Å². The van der Waals surface area contributed by atoms with E-state index in [0.29, 0.717) is 5.41 Å². The first-order chi connectivity index (χ1) is 7.59. The van der Waals surface area contributed by atoms with Gasteiger partial charge in [-0.05, 0) is 56.8 Å². The highest BCUT2D eigenvalue weighted by molar-refractivity contribution is 4.89. The molecule has 102 valence electrons. The van der Waals surface area contributed by atoms with Crippen molar-refractivity contribution in [3.63, 3.8) is 0 Å². The Morgan fingerprint density at radius 1 is 0.941 bits per heavy atom. The lowest BCUT2D eigenvalue weighted by Crippen LogP contribution is -2.50. The Hall–Kier alpha value is -0.0400. The normalized spacial score (nSPS) is 31.6. The van der Waals surface area contributed by atoms with Crippen molar-refractivity contribution in [1.82, 2.24) is 5.32 Å². The van der Waals surface area contributed by atoms with Crippen LogP contribution >= 0.6 is 0 Å². The third-order valence-electron chi connectivity index (χ3n) is 4.17. The van der Waals surface area contributed by atoms with Gasteiger partial charge in [0.15, 0.2) is 0 Å². The molecule has 17 heavy (non-hydrogen) atoms. The third kappa shape index (κ3) is 5.42. The maximum atomic E-state index is 3.90. The van der Waals surface area contributed by atoms with Gasteiger partial charge in [0.2, 0.25) is 0 Å². The summed E-state index contributed by atoms with van der Waals surface area (Å²) in [6.07, 6.45) is 5.35. The minimum atomic E-state index is 0.267. The fourth-order valence-corrected chi connectivity index (χ4v) is 3.61.